The van der Waals surface area contributed by atoms with Crippen LogP contribution in [0, 0.1) is 6.92 Å². The maximum Gasteiger partial charge on any atom is 0.412 e. The van der Waals surface area contributed by atoms with E-state index in [4.69, 9.17) is 4.74 Å². The molecule has 0 unspecified atom stereocenters. The fourth-order valence-corrected chi connectivity index (χ4v) is 1.90. The number of carbonyl (C=O) groups excluding carboxylic acids is 1. The fourth-order valence-electron chi connectivity index (χ4n) is 1.90. The van der Waals surface area contributed by atoms with Crippen LogP contribution in [-0.2, 0) is 4.74 Å². The number of para-hydroxylation sites is 1. The molecule has 1 aromatic carbocycles. The van der Waals surface area contributed by atoms with Crippen LogP contribution in [0.4, 0.5) is 10.5 Å². The highest BCUT2D eigenvalue weighted by molar-refractivity contribution is 5.91. The molecule has 1 heterocycles. The Morgan fingerprint density at radius 2 is 1.85 bits per heavy atom. The van der Waals surface area contributed by atoms with Crippen LogP contribution < -0.4 is 5.32 Å². The summed E-state index contributed by atoms with van der Waals surface area (Å²) >= 11 is 0. The summed E-state index contributed by atoms with van der Waals surface area (Å²) < 4.78 is 5.28. The molecule has 4 heteroatoms. The third-order valence-electron chi connectivity index (χ3n) is 2.68. The van der Waals surface area contributed by atoms with Crippen molar-refractivity contribution in [1.29, 1.82) is 0 Å². The average molecular weight is 272 g/mol. The summed E-state index contributed by atoms with van der Waals surface area (Å²) in [6.07, 6.45) is -0.451. The van der Waals surface area contributed by atoms with Crippen LogP contribution in [0.1, 0.15) is 26.5 Å². The Morgan fingerprint density at radius 1 is 1.15 bits per heavy atom. The van der Waals surface area contributed by atoms with Gasteiger partial charge in [0.25, 0.3) is 0 Å². The van der Waals surface area contributed by atoms with E-state index in [9.17, 15) is 4.79 Å². The van der Waals surface area contributed by atoms with Crippen LogP contribution in [0.3, 0.4) is 0 Å². The van der Waals surface area contributed by atoms with Crippen molar-refractivity contribution in [2.75, 3.05) is 5.32 Å². The average Bonchev–Trinajstić information content (AvgIpc) is 2.74. The van der Waals surface area contributed by atoms with Crippen molar-refractivity contribution in [3.8, 4) is 11.3 Å². The molecule has 106 valence electrons. The van der Waals surface area contributed by atoms with Gasteiger partial charge in [-0.15, -0.1) is 0 Å². The minimum Gasteiger partial charge on any atom is -0.444 e. The first kappa shape index (κ1) is 14.2. The van der Waals surface area contributed by atoms with Crippen LogP contribution in [0.2, 0.25) is 0 Å². The van der Waals surface area contributed by atoms with Gasteiger partial charge in [-0.3, -0.25) is 5.32 Å². The van der Waals surface area contributed by atoms with Crippen molar-refractivity contribution >= 4 is 11.8 Å². The van der Waals surface area contributed by atoms with Crippen molar-refractivity contribution in [2.45, 2.75) is 33.3 Å². The largest absolute Gasteiger partial charge is 0.444 e. The summed E-state index contributed by atoms with van der Waals surface area (Å²) in [5, 5.41) is 2.79. The first-order valence-corrected chi connectivity index (χ1v) is 6.60. The topological polar surface area (TPSA) is 54.1 Å². The lowest BCUT2D eigenvalue weighted by Gasteiger charge is -2.20. The van der Waals surface area contributed by atoms with E-state index in [0.717, 1.165) is 22.6 Å². The highest BCUT2D eigenvalue weighted by Crippen LogP contribution is 2.27. The van der Waals surface area contributed by atoms with Gasteiger partial charge in [-0.05, 0) is 45.9 Å². The number of aromatic amines is 1. The summed E-state index contributed by atoms with van der Waals surface area (Å²) in [6, 6.07) is 11.6. The molecule has 1 aromatic heterocycles. The van der Waals surface area contributed by atoms with Gasteiger partial charge in [-0.2, -0.15) is 0 Å². The van der Waals surface area contributed by atoms with Gasteiger partial charge < -0.3 is 9.72 Å². The van der Waals surface area contributed by atoms with E-state index < -0.39 is 11.7 Å². The number of benzene rings is 1. The first-order chi connectivity index (χ1) is 9.35. The molecule has 0 bridgehead atoms. The number of nitrogens with one attached hydrogen (secondary N) is 2. The number of amides is 1. The van der Waals surface area contributed by atoms with Crippen LogP contribution >= 0.6 is 0 Å². The molecular formula is C16H20N2O2. The molecule has 0 radical (unpaired) electrons. The zero-order valence-electron chi connectivity index (χ0n) is 12.3. The van der Waals surface area contributed by atoms with Crippen LogP contribution in [0.15, 0.2) is 36.4 Å². The molecule has 0 aliphatic carbocycles. The Balaban J connectivity index is 2.23. The number of carbonyl (C=O) groups is 1. The summed E-state index contributed by atoms with van der Waals surface area (Å²) in [5.41, 5.74) is 3.19. The highest BCUT2D eigenvalue weighted by Gasteiger charge is 2.17. The minimum absolute atomic E-state index is 0.451. The summed E-state index contributed by atoms with van der Waals surface area (Å²) in [5.74, 6) is 0. The molecule has 2 aromatic rings. The lowest BCUT2D eigenvalue weighted by Crippen LogP contribution is -2.27. The van der Waals surface area contributed by atoms with Gasteiger partial charge >= 0.3 is 6.09 Å². The van der Waals surface area contributed by atoms with E-state index in [1.54, 1.807) is 0 Å². The third-order valence-corrected chi connectivity index (χ3v) is 2.68. The molecule has 1 amide bonds. The Kier molecular flexibility index (Phi) is 3.84. The zero-order chi connectivity index (χ0) is 14.8. The SMILES string of the molecule is Cc1ccc(-c2ccccc2NC(=O)OC(C)(C)C)[nH]1. The number of hydrogen-bond donors (Lipinski definition) is 2. The molecule has 20 heavy (non-hydrogen) atoms. The van der Waals surface area contributed by atoms with Crippen molar-refractivity contribution in [2.24, 2.45) is 0 Å². The second-order valence-electron chi connectivity index (χ2n) is 5.73. The van der Waals surface area contributed by atoms with Crippen molar-refractivity contribution < 1.29 is 9.53 Å². The van der Waals surface area contributed by atoms with Crippen molar-refractivity contribution in [3.63, 3.8) is 0 Å². The zero-order valence-corrected chi connectivity index (χ0v) is 12.3. The van der Waals surface area contributed by atoms with Crippen molar-refractivity contribution in [1.82, 2.24) is 4.98 Å². The maximum atomic E-state index is 11.9. The number of rotatable bonds is 2. The van der Waals surface area contributed by atoms with E-state index in [1.165, 1.54) is 0 Å². The van der Waals surface area contributed by atoms with E-state index in [2.05, 4.69) is 10.3 Å². The lowest BCUT2D eigenvalue weighted by atomic mass is 10.1. The molecule has 0 saturated carbocycles. The Labute approximate surface area is 119 Å². The number of aryl methyl sites for hydroxylation is 1. The number of ether oxygens (including phenoxy) is 1. The molecule has 2 rings (SSSR count). The molecule has 2 N–H and O–H groups in total. The van der Waals surface area contributed by atoms with E-state index in [0.29, 0.717) is 0 Å². The second-order valence-corrected chi connectivity index (χ2v) is 5.73. The predicted molar refractivity (Wildman–Crippen MR) is 80.8 cm³/mol. The van der Waals surface area contributed by atoms with Gasteiger partial charge in [-0.1, -0.05) is 18.2 Å². The van der Waals surface area contributed by atoms with Gasteiger partial charge in [0, 0.05) is 17.0 Å². The minimum atomic E-state index is -0.512. The fraction of sp³-hybridized carbons (Fsp3) is 0.312. The molecule has 0 aliphatic heterocycles. The van der Waals surface area contributed by atoms with Gasteiger partial charge in [0.05, 0.1) is 5.69 Å². The maximum absolute atomic E-state index is 11.9. The molecule has 0 atom stereocenters. The molecule has 0 spiro atoms. The Morgan fingerprint density at radius 3 is 2.45 bits per heavy atom. The first-order valence-electron chi connectivity index (χ1n) is 6.60. The van der Waals surface area contributed by atoms with Crippen LogP contribution in [-0.4, -0.2) is 16.7 Å². The van der Waals surface area contributed by atoms with Crippen molar-refractivity contribution in [3.05, 3.63) is 42.1 Å². The van der Waals surface area contributed by atoms with Gasteiger partial charge in [0.2, 0.25) is 0 Å². The third kappa shape index (κ3) is 3.63. The monoisotopic (exact) mass is 272 g/mol. The van der Waals surface area contributed by atoms with Crippen LogP contribution in [0.25, 0.3) is 11.3 Å². The number of anilines is 1. The molecule has 4 nitrogen and oxygen atoms in total. The molecule has 0 fully saturated rings. The summed E-state index contributed by atoms with van der Waals surface area (Å²) in [4.78, 5) is 15.1. The molecule has 0 aliphatic rings. The molecule has 0 saturated heterocycles. The van der Waals surface area contributed by atoms with E-state index in [1.807, 2.05) is 64.1 Å². The van der Waals surface area contributed by atoms with Gasteiger partial charge in [0.1, 0.15) is 5.60 Å². The Hall–Kier alpha value is -2.23. The predicted octanol–water partition coefficient (Wildman–Crippen LogP) is 4.34. The summed E-state index contributed by atoms with van der Waals surface area (Å²) in [7, 11) is 0. The second kappa shape index (κ2) is 5.41. The number of H-pyrrole nitrogens is 1. The quantitative estimate of drug-likeness (QED) is 0.854. The molecular weight excluding hydrogens is 252 g/mol. The van der Waals surface area contributed by atoms with Gasteiger partial charge in [-0.25, -0.2) is 4.79 Å². The highest BCUT2D eigenvalue weighted by atomic mass is 16.6. The standard InChI is InChI=1S/C16H20N2O2/c1-11-9-10-14(17-11)12-7-5-6-8-13(12)18-15(19)20-16(2,3)4/h5-10,17H,1-4H3,(H,18,19). The Bertz CT molecular complexity index is 609. The van der Waals surface area contributed by atoms with E-state index in [-0.39, 0.29) is 0 Å². The lowest BCUT2D eigenvalue weighted by molar-refractivity contribution is 0.0636. The van der Waals surface area contributed by atoms with Gasteiger partial charge in [0.15, 0.2) is 0 Å². The van der Waals surface area contributed by atoms with Crippen LogP contribution in [0.5, 0.6) is 0 Å². The normalized spacial score (nSPS) is 11.2. The number of aromatic nitrogens is 1. The number of hydrogen-bond acceptors (Lipinski definition) is 2. The summed E-state index contributed by atoms with van der Waals surface area (Å²) in [6.45, 7) is 7.51. The smallest absolute Gasteiger partial charge is 0.412 e. The van der Waals surface area contributed by atoms with E-state index >= 15 is 0 Å².